The zero-order valence-corrected chi connectivity index (χ0v) is 11.4. The maximum Gasteiger partial charge on any atom is 0.00702 e. The molecule has 0 fully saturated rings. The molecule has 1 rings (SSSR count). The molecule has 0 amide bonds. The van der Waals surface area contributed by atoms with Crippen molar-refractivity contribution in [1.82, 2.24) is 5.32 Å². The van der Waals surface area contributed by atoms with Gasteiger partial charge in [-0.15, -0.1) is 6.58 Å². The molecule has 0 aliphatic heterocycles. The van der Waals surface area contributed by atoms with Crippen molar-refractivity contribution in [2.24, 2.45) is 0 Å². The van der Waals surface area contributed by atoms with Gasteiger partial charge < -0.3 is 5.32 Å². The fourth-order valence-corrected chi connectivity index (χ4v) is 1.95. The molecule has 0 aromatic heterocycles. The van der Waals surface area contributed by atoms with Gasteiger partial charge in [0.25, 0.3) is 0 Å². The van der Waals surface area contributed by atoms with Crippen LogP contribution in [0.4, 0.5) is 0 Å². The van der Waals surface area contributed by atoms with E-state index < -0.39 is 0 Å². The van der Waals surface area contributed by atoms with Gasteiger partial charge in [-0.25, -0.2) is 0 Å². The van der Waals surface area contributed by atoms with Crippen LogP contribution in [0.25, 0.3) is 0 Å². The minimum Gasteiger partial charge on any atom is -0.317 e. The Morgan fingerprint density at radius 3 is 2.41 bits per heavy atom. The van der Waals surface area contributed by atoms with Crippen LogP contribution < -0.4 is 5.32 Å². The summed E-state index contributed by atoms with van der Waals surface area (Å²) in [5.41, 5.74) is 4.05. The third-order valence-corrected chi connectivity index (χ3v) is 3.23. The Morgan fingerprint density at radius 2 is 1.88 bits per heavy atom. The molecule has 0 heterocycles. The normalized spacial score (nSPS) is 12.4. The molecule has 1 nitrogen and oxygen atoms in total. The molecular weight excluding hydrogens is 206 g/mol. The monoisotopic (exact) mass is 231 g/mol. The maximum absolute atomic E-state index is 3.96. The molecule has 0 aliphatic rings. The predicted octanol–water partition coefficient (Wildman–Crippen LogP) is 3.87. The van der Waals surface area contributed by atoms with E-state index in [-0.39, 0.29) is 0 Å². The Kier molecular flexibility index (Phi) is 5.99. The average Bonchev–Trinajstić information content (AvgIpc) is 2.31. The predicted molar refractivity (Wildman–Crippen MR) is 76.4 cm³/mol. The van der Waals surface area contributed by atoms with E-state index in [2.05, 4.69) is 57.1 Å². The number of allylic oxidation sites excluding steroid dienone is 1. The van der Waals surface area contributed by atoms with E-state index in [9.17, 15) is 0 Å². The summed E-state index contributed by atoms with van der Waals surface area (Å²) in [6, 6.07) is 9.46. The summed E-state index contributed by atoms with van der Waals surface area (Å²) in [5, 5.41) is 3.40. The second kappa shape index (κ2) is 7.29. The average molecular weight is 231 g/mol. The Bertz CT molecular complexity index is 337. The van der Waals surface area contributed by atoms with Crippen LogP contribution in [-0.4, -0.2) is 13.1 Å². The van der Waals surface area contributed by atoms with Crippen LogP contribution in [0.5, 0.6) is 0 Å². The van der Waals surface area contributed by atoms with Crippen LogP contribution in [0.2, 0.25) is 0 Å². The highest BCUT2D eigenvalue weighted by molar-refractivity contribution is 5.21. The number of benzene rings is 1. The summed E-state index contributed by atoms with van der Waals surface area (Å²) in [6.07, 6.45) is 4.67. The largest absolute Gasteiger partial charge is 0.317 e. The minimum atomic E-state index is 0.605. The summed E-state index contributed by atoms with van der Waals surface area (Å²) in [5.74, 6) is 0. The first-order valence-electron chi connectivity index (χ1n) is 6.49. The Labute approximate surface area is 106 Å². The summed E-state index contributed by atoms with van der Waals surface area (Å²) in [7, 11) is 2.05. The van der Waals surface area contributed by atoms with E-state index in [4.69, 9.17) is 0 Å². The zero-order chi connectivity index (χ0) is 12.7. The van der Waals surface area contributed by atoms with Crippen LogP contribution in [0.15, 0.2) is 36.4 Å². The summed E-state index contributed by atoms with van der Waals surface area (Å²) in [4.78, 5) is 0. The van der Waals surface area contributed by atoms with Gasteiger partial charge in [-0.2, -0.15) is 0 Å². The van der Waals surface area contributed by atoms with Gasteiger partial charge >= 0.3 is 0 Å². The van der Waals surface area contributed by atoms with Crippen molar-refractivity contribution < 1.29 is 0 Å². The van der Waals surface area contributed by atoms with Gasteiger partial charge in [0, 0.05) is 6.04 Å². The maximum atomic E-state index is 3.96. The van der Waals surface area contributed by atoms with Gasteiger partial charge in [0.15, 0.2) is 0 Å². The molecule has 0 radical (unpaired) electrons. The first-order valence-corrected chi connectivity index (χ1v) is 6.49. The fraction of sp³-hybridized carbons (Fsp3) is 0.500. The molecule has 1 N–H and O–H groups in total. The molecule has 1 aromatic rings. The van der Waals surface area contributed by atoms with E-state index in [1.807, 2.05) is 0 Å². The van der Waals surface area contributed by atoms with Gasteiger partial charge in [-0.05, 0) is 52.1 Å². The molecular formula is C16H25N. The van der Waals surface area contributed by atoms with Crippen molar-refractivity contribution in [3.05, 3.63) is 47.5 Å². The highest BCUT2D eigenvalue weighted by Crippen LogP contribution is 2.12. The zero-order valence-electron chi connectivity index (χ0n) is 11.4. The molecule has 0 saturated carbocycles. The van der Waals surface area contributed by atoms with Crippen molar-refractivity contribution >= 4 is 0 Å². The Balaban J connectivity index is 2.36. The third kappa shape index (κ3) is 5.69. The first kappa shape index (κ1) is 14.0. The van der Waals surface area contributed by atoms with Crippen molar-refractivity contribution in [2.45, 2.75) is 45.6 Å². The topological polar surface area (TPSA) is 12.0 Å². The third-order valence-electron chi connectivity index (χ3n) is 3.23. The van der Waals surface area contributed by atoms with Gasteiger partial charge in [-0.3, -0.25) is 0 Å². The molecule has 1 aromatic carbocycles. The molecule has 0 aliphatic carbocycles. The van der Waals surface area contributed by atoms with Crippen LogP contribution in [0.3, 0.4) is 0 Å². The van der Waals surface area contributed by atoms with Gasteiger partial charge in [0.2, 0.25) is 0 Å². The van der Waals surface area contributed by atoms with Crippen LogP contribution >= 0.6 is 0 Å². The standard InChI is InChI=1S/C16H25N/c1-13(2)5-11-16(17-4)12-10-15-8-6-14(3)7-9-15/h6-9,16-17H,1,5,10-12H2,2-4H3. The highest BCUT2D eigenvalue weighted by atomic mass is 14.9. The quantitative estimate of drug-likeness (QED) is 0.702. The van der Waals surface area contributed by atoms with Crippen molar-refractivity contribution in [3.8, 4) is 0 Å². The molecule has 0 spiro atoms. The lowest BCUT2D eigenvalue weighted by atomic mass is 9.99. The van der Waals surface area contributed by atoms with Crippen molar-refractivity contribution in [3.63, 3.8) is 0 Å². The smallest absolute Gasteiger partial charge is 0.00702 e. The van der Waals surface area contributed by atoms with Crippen molar-refractivity contribution in [1.29, 1.82) is 0 Å². The highest BCUT2D eigenvalue weighted by Gasteiger charge is 2.06. The minimum absolute atomic E-state index is 0.605. The molecule has 17 heavy (non-hydrogen) atoms. The lowest BCUT2D eigenvalue weighted by Gasteiger charge is -2.16. The van der Waals surface area contributed by atoms with E-state index >= 15 is 0 Å². The number of hydrogen-bond acceptors (Lipinski definition) is 1. The van der Waals surface area contributed by atoms with E-state index in [1.165, 1.54) is 29.5 Å². The number of hydrogen-bond donors (Lipinski definition) is 1. The number of aryl methyl sites for hydroxylation is 2. The summed E-state index contributed by atoms with van der Waals surface area (Å²) >= 11 is 0. The molecule has 1 unspecified atom stereocenters. The molecule has 1 heteroatoms. The molecule has 0 saturated heterocycles. The van der Waals surface area contributed by atoms with Crippen molar-refractivity contribution in [2.75, 3.05) is 7.05 Å². The SMILES string of the molecule is C=C(C)CCC(CCc1ccc(C)cc1)NC. The van der Waals surface area contributed by atoms with Gasteiger partial charge in [0.05, 0.1) is 0 Å². The number of rotatable bonds is 7. The van der Waals surface area contributed by atoms with E-state index in [1.54, 1.807) is 0 Å². The lowest BCUT2D eigenvalue weighted by molar-refractivity contribution is 0.489. The molecule has 1 atom stereocenters. The second-order valence-electron chi connectivity index (χ2n) is 5.01. The van der Waals surface area contributed by atoms with E-state index in [0.717, 1.165) is 12.8 Å². The Hall–Kier alpha value is -1.08. The Morgan fingerprint density at radius 1 is 1.24 bits per heavy atom. The van der Waals surface area contributed by atoms with Crippen LogP contribution in [-0.2, 0) is 6.42 Å². The molecule has 94 valence electrons. The number of nitrogens with one attached hydrogen (secondary N) is 1. The van der Waals surface area contributed by atoms with Crippen LogP contribution in [0, 0.1) is 6.92 Å². The van der Waals surface area contributed by atoms with Gasteiger partial charge in [-0.1, -0.05) is 35.4 Å². The molecule has 0 bridgehead atoms. The first-order chi connectivity index (χ1) is 8.11. The van der Waals surface area contributed by atoms with Gasteiger partial charge in [0.1, 0.15) is 0 Å². The summed E-state index contributed by atoms with van der Waals surface area (Å²) in [6.45, 7) is 8.20. The van der Waals surface area contributed by atoms with E-state index in [0.29, 0.717) is 6.04 Å². The summed E-state index contributed by atoms with van der Waals surface area (Å²) < 4.78 is 0. The van der Waals surface area contributed by atoms with Crippen LogP contribution in [0.1, 0.15) is 37.3 Å². The fourth-order valence-electron chi connectivity index (χ4n) is 1.95. The second-order valence-corrected chi connectivity index (χ2v) is 5.01. The lowest BCUT2D eigenvalue weighted by Crippen LogP contribution is -2.25.